The molecule has 1 aromatic rings. The van der Waals surface area contributed by atoms with Gasteiger partial charge in [-0.2, -0.15) is 0 Å². The Hall–Kier alpha value is -0.790. The van der Waals surface area contributed by atoms with Crippen LogP contribution in [0.2, 0.25) is 0 Å². The molecular formula is C14H27IN4O. The lowest BCUT2D eigenvalue weighted by atomic mass is 10.1. The van der Waals surface area contributed by atoms with Crippen molar-refractivity contribution in [1.29, 1.82) is 0 Å². The summed E-state index contributed by atoms with van der Waals surface area (Å²) in [7, 11) is 0. The van der Waals surface area contributed by atoms with E-state index in [9.17, 15) is 0 Å². The maximum Gasteiger partial charge on any atom is 0.192 e. The smallest absolute Gasteiger partial charge is 0.192 e. The van der Waals surface area contributed by atoms with Gasteiger partial charge in [-0.3, -0.25) is 0 Å². The molecule has 0 radical (unpaired) electrons. The van der Waals surface area contributed by atoms with Crippen molar-refractivity contribution < 1.29 is 4.52 Å². The second-order valence-electron chi connectivity index (χ2n) is 5.94. The number of hydrogen-bond donors (Lipinski definition) is 2. The SMILES string of the molecule is CCNC(=NCc1cc(C(C)C)no1)NC(C)(C)C.I. The standard InChI is InChI=1S/C14H26N4O.HI/c1-7-15-13(17-14(4,5)6)16-9-11-8-12(10(2)3)18-19-11;/h8,10H,7,9H2,1-6H3,(H2,15,16,17);1H. The summed E-state index contributed by atoms with van der Waals surface area (Å²) in [5, 5.41) is 10.6. The van der Waals surface area contributed by atoms with Gasteiger partial charge in [0.25, 0.3) is 0 Å². The molecule has 0 fully saturated rings. The third-order valence-corrected chi connectivity index (χ3v) is 2.40. The van der Waals surface area contributed by atoms with Gasteiger partial charge in [0.2, 0.25) is 0 Å². The number of aromatic nitrogens is 1. The van der Waals surface area contributed by atoms with E-state index < -0.39 is 0 Å². The van der Waals surface area contributed by atoms with Crippen LogP contribution in [0.5, 0.6) is 0 Å². The zero-order chi connectivity index (χ0) is 14.5. The summed E-state index contributed by atoms with van der Waals surface area (Å²) in [5.74, 6) is 1.95. The molecule has 116 valence electrons. The van der Waals surface area contributed by atoms with E-state index in [0.717, 1.165) is 24.0 Å². The molecule has 0 bridgehead atoms. The van der Waals surface area contributed by atoms with Crippen LogP contribution in [0.4, 0.5) is 0 Å². The molecule has 6 heteroatoms. The van der Waals surface area contributed by atoms with Gasteiger partial charge in [0.15, 0.2) is 11.7 Å². The molecule has 1 rings (SSSR count). The molecule has 0 atom stereocenters. The Morgan fingerprint density at radius 1 is 1.40 bits per heavy atom. The van der Waals surface area contributed by atoms with Crippen molar-refractivity contribution in [1.82, 2.24) is 15.8 Å². The molecule has 1 aromatic heterocycles. The van der Waals surface area contributed by atoms with Gasteiger partial charge in [-0.25, -0.2) is 4.99 Å². The highest BCUT2D eigenvalue weighted by Gasteiger charge is 2.12. The van der Waals surface area contributed by atoms with Crippen LogP contribution in [-0.2, 0) is 6.54 Å². The van der Waals surface area contributed by atoms with Gasteiger partial charge in [0, 0.05) is 18.2 Å². The first-order chi connectivity index (χ1) is 8.81. The highest BCUT2D eigenvalue weighted by atomic mass is 127. The number of hydrogen-bond acceptors (Lipinski definition) is 3. The number of guanidine groups is 1. The van der Waals surface area contributed by atoms with Crippen molar-refractivity contribution in [3.8, 4) is 0 Å². The Labute approximate surface area is 139 Å². The van der Waals surface area contributed by atoms with E-state index in [1.807, 2.05) is 13.0 Å². The minimum Gasteiger partial charge on any atom is -0.359 e. The van der Waals surface area contributed by atoms with Crippen LogP contribution in [-0.4, -0.2) is 23.2 Å². The molecule has 0 saturated heterocycles. The number of rotatable bonds is 4. The lowest BCUT2D eigenvalue weighted by Gasteiger charge is -2.23. The molecule has 0 amide bonds. The van der Waals surface area contributed by atoms with E-state index in [4.69, 9.17) is 4.52 Å². The zero-order valence-electron chi connectivity index (χ0n) is 13.3. The number of halogens is 1. The van der Waals surface area contributed by atoms with Crippen LogP contribution >= 0.6 is 24.0 Å². The van der Waals surface area contributed by atoms with E-state index in [2.05, 4.69) is 55.4 Å². The molecule has 0 aliphatic heterocycles. The maximum absolute atomic E-state index is 5.27. The molecule has 0 aromatic carbocycles. The first-order valence-corrected chi connectivity index (χ1v) is 6.84. The molecule has 0 saturated carbocycles. The fourth-order valence-electron chi connectivity index (χ4n) is 1.49. The third-order valence-electron chi connectivity index (χ3n) is 2.40. The molecule has 0 unspecified atom stereocenters. The summed E-state index contributed by atoms with van der Waals surface area (Å²) in [6.07, 6.45) is 0. The van der Waals surface area contributed by atoms with Gasteiger partial charge in [-0.05, 0) is 33.6 Å². The summed E-state index contributed by atoms with van der Waals surface area (Å²) in [6, 6.07) is 1.97. The van der Waals surface area contributed by atoms with Crippen molar-refractivity contribution >= 4 is 29.9 Å². The number of nitrogens with one attached hydrogen (secondary N) is 2. The summed E-state index contributed by atoms with van der Waals surface area (Å²) in [5.41, 5.74) is 0.949. The van der Waals surface area contributed by atoms with Crippen LogP contribution in [0.1, 0.15) is 58.9 Å². The lowest BCUT2D eigenvalue weighted by Crippen LogP contribution is -2.47. The predicted octanol–water partition coefficient (Wildman–Crippen LogP) is 3.27. The van der Waals surface area contributed by atoms with Gasteiger partial charge in [0.1, 0.15) is 6.54 Å². The molecule has 0 aliphatic carbocycles. The van der Waals surface area contributed by atoms with Crippen LogP contribution in [0, 0.1) is 0 Å². The van der Waals surface area contributed by atoms with Gasteiger partial charge in [-0.1, -0.05) is 19.0 Å². The van der Waals surface area contributed by atoms with Crippen molar-refractivity contribution in [3.63, 3.8) is 0 Å². The average Bonchev–Trinajstić information content (AvgIpc) is 2.73. The van der Waals surface area contributed by atoms with Gasteiger partial charge < -0.3 is 15.2 Å². The molecule has 5 nitrogen and oxygen atoms in total. The van der Waals surface area contributed by atoms with Crippen molar-refractivity contribution in [3.05, 3.63) is 17.5 Å². The molecule has 1 heterocycles. The minimum atomic E-state index is -0.0223. The fourth-order valence-corrected chi connectivity index (χ4v) is 1.49. The zero-order valence-corrected chi connectivity index (χ0v) is 15.6. The van der Waals surface area contributed by atoms with Crippen molar-refractivity contribution in [2.75, 3.05) is 6.54 Å². The first kappa shape index (κ1) is 19.2. The normalized spacial score (nSPS) is 12.2. The minimum absolute atomic E-state index is 0. The van der Waals surface area contributed by atoms with E-state index in [-0.39, 0.29) is 29.5 Å². The summed E-state index contributed by atoms with van der Waals surface area (Å²) < 4.78 is 5.27. The molecule has 20 heavy (non-hydrogen) atoms. The Morgan fingerprint density at radius 2 is 2.05 bits per heavy atom. The van der Waals surface area contributed by atoms with Crippen LogP contribution in [0.3, 0.4) is 0 Å². The lowest BCUT2D eigenvalue weighted by molar-refractivity contribution is 0.376. The highest BCUT2D eigenvalue weighted by Crippen LogP contribution is 2.14. The van der Waals surface area contributed by atoms with E-state index in [1.54, 1.807) is 0 Å². The van der Waals surface area contributed by atoms with Crippen LogP contribution in [0.25, 0.3) is 0 Å². The van der Waals surface area contributed by atoms with E-state index in [1.165, 1.54) is 0 Å². The quantitative estimate of drug-likeness (QED) is 0.468. The Morgan fingerprint density at radius 3 is 2.50 bits per heavy atom. The fraction of sp³-hybridized carbons (Fsp3) is 0.714. The predicted molar refractivity (Wildman–Crippen MR) is 93.7 cm³/mol. The summed E-state index contributed by atoms with van der Waals surface area (Å²) in [4.78, 5) is 4.50. The third kappa shape index (κ3) is 7.12. The molecule has 0 aliphatic rings. The monoisotopic (exact) mass is 394 g/mol. The van der Waals surface area contributed by atoms with E-state index >= 15 is 0 Å². The Bertz CT molecular complexity index is 421. The Kier molecular flexibility index (Phi) is 8.15. The second-order valence-corrected chi connectivity index (χ2v) is 5.94. The van der Waals surface area contributed by atoms with Gasteiger partial charge >= 0.3 is 0 Å². The van der Waals surface area contributed by atoms with E-state index in [0.29, 0.717) is 12.5 Å². The summed E-state index contributed by atoms with van der Waals surface area (Å²) in [6.45, 7) is 13.9. The van der Waals surface area contributed by atoms with Crippen molar-refractivity contribution in [2.45, 2.75) is 59.5 Å². The number of nitrogens with zero attached hydrogens (tertiary/aromatic N) is 2. The van der Waals surface area contributed by atoms with Gasteiger partial charge in [0.05, 0.1) is 5.69 Å². The van der Waals surface area contributed by atoms with Gasteiger partial charge in [-0.15, -0.1) is 24.0 Å². The maximum atomic E-state index is 5.27. The Balaban J connectivity index is 0.00000361. The molecule has 2 N–H and O–H groups in total. The number of aliphatic imine (C=N–C) groups is 1. The largest absolute Gasteiger partial charge is 0.359 e. The molecule has 0 spiro atoms. The van der Waals surface area contributed by atoms with Crippen LogP contribution < -0.4 is 10.6 Å². The highest BCUT2D eigenvalue weighted by molar-refractivity contribution is 14.0. The topological polar surface area (TPSA) is 62.5 Å². The first-order valence-electron chi connectivity index (χ1n) is 6.84. The second kappa shape index (κ2) is 8.49. The van der Waals surface area contributed by atoms with Crippen LogP contribution in [0.15, 0.2) is 15.6 Å². The summed E-state index contributed by atoms with van der Waals surface area (Å²) >= 11 is 0. The average molecular weight is 394 g/mol. The molecular weight excluding hydrogens is 367 g/mol. The van der Waals surface area contributed by atoms with Crippen molar-refractivity contribution in [2.24, 2.45) is 4.99 Å².